The summed E-state index contributed by atoms with van der Waals surface area (Å²) in [5.41, 5.74) is 0. The molecule has 0 radical (unpaired) electrons. The number of nitrogens with one attached hydrogen (secondary N) is 1. The minimum Gasteiger partial charge on any atom is -0.380 e. The van der Waals surface area contributed by atoms with E-state index in [0.717, 1.165) is 13.2 Å². The van der Waals surface area contributed by atoms with Gasteiger partial charge in [0, 0.05) is 14.1 Å². The molecular weight excluding hydrogens is 102 g/mol. The Morgan fingerprint density at radius 1 is 1.75 bits per heavy atom. The highest BCUT2D eigenvalue weighted by atomic mass is 16.5. The van der Waals surface area contributed by atoms with Gasteiger partial charge in [-0.2, -0.15) is 0 Å². The lowest BCUT2D eigenvalue weighted by Crippen LogP contribution is -2.33. The van der Waals surface area contributed by atoms with E-state index in [1.165, 1.54) is 12.8 Å². The number of hydrogen-bond donors (Lipinski definition) is 1. The Morgan fingerprint density at radius 3 is 3.00 bits per heavy atom. The van der Waals surface area contributed by atoms with E-state index in [4.69, 9.17) is 4.74 Å². The second-order valence-electron chi connectivity index (χ2n) is 2.20. The molecule has 0 amide bonds. The summed E-state index contributed by atoms with van der Waals surface area (Å²) in [6.45, 7) is 1.86. The second kappa shape index (κ2) is 3.05. The van der Waals surface area contributed by atoms with Gasteiger partial charge >= 0.3 is 0 Å². The van der Waals surface area contributed by atoms with Crippen molar-refractivity contribution in [3.63, 3.8) is 0 Å². The van der Waals surface area contributed by atoms with Crippen LogP contribution in [0.1, 0.15) is 14.3 Å². The molecule has 0 spiro atoms. The van der Waals surface area contributed by atoms with Crippen molar-refractivity contribution in [3.05, 3.63) is 0 Å². The molecule has 1 atom stereocenters. The number of ether oxygens (including phenoxy) is 1. The largest absolute Gasteiger partial charge is 0.380 e. The highest BCUT2D eigenvalue weighted by molar-refractivity contribution is 4.66. The molecule has 0 unspecified atom stereocenters. The van der Waals surface area contributed by atoms with Crippen molar-refractivity contribution in [1.29, 1.82) is 0 Å². The van der Waals surface area contributed by atoms with Gasteiger partial charge in [0.25, 0.3) is 0 Å². The Morgan fingerprint density at radius 2 is 2.62 bits per heavy atom. The summed E-state index contributed by atoms with van der Waals surface area (Å²) in [6.07, 6.45) is 2.49. The third kappa shape index (κ3) is 1.46. The molecule has 2 nitrogen and oxygen atoms in total. The lowest BCUT2D eigenvalue weighted by molar-refractivity contribution is 0.0730. The van der Waals surface area contributed by atoms with Crippen molar-refractivity contribution in [2.75, 3.05) is 20.3 Å². The van der Waals surface area contributed by atoms with Crippen LogP contribution in [-0.4, -0.2) is 26.3 Å². The molecule has 0 aromatic heterocycles. The van der Waals surface area contributed by atoms with Crippen LogP contribution in [-0.2, 0) is 4.74 Å². The van der Waals surface area contributed by atoms with Crippen LogP contribution in [0, 0.1) is 0 Å². The highest BCUT2D eigenvalue weighted by Crippen LogP contribution is 2.03. The summed E-state index contributed by atoms with van der Waals surface area (Å²) >= 11 is 0. The van der Waals surface area contributed by atoms with Crippen molar-refractivity contribution in [2.45, 2.75) is 18.9 Å². The van der Waals surface area contributed by atoms with Gasteiger partial charge in [-0.3, -0.25) is 0 Å². The smallest absolute Gasteiger partial charge is 0.0619 e. The lowest BCUT2D eigenvalue weighted by Gasteiger charge is -2.20. The highest BCUT2D eigenvalue weighted by Gasteiger charge is 2.09. The summed E-state index contributed by atoms with van der Waals surface area (Å²) in [7, 11) is 1.99. The molecule has 1 fully saturated rings. The fourth-order valence-electron chi connectivity index (χ4n) is 0.968. The van der Waals surface area contributed by atoms with Gasteiger partial charge in [0.15, 0.2) is 0 Å². The lowest BCUT2D eigenvalue weighted by atomic mass is 10.1. The third-order valence-electron chi connectivity index (χ3n) is 1.57. The Bertz CT molecular complexity index is 64.1. The van der Waals surface area contributed by atoms with E-state index in [-0.39, 0.29) is 1.43 Å². The third-order valence-corrected chi connectivity index (χ3v) is 1.57. The standard InChI is InChI=1S/C6H13NO.H2/c1-7-6-3-2-4-8-5-6;/h6-7H,2-5H2,1H3;1H/t6-;/m0./s1. The zero-order chi connectivity index (χ0) is 5.82. The van der Waals surface area contributed by atoms with E-state index in [2.05, 4.69) is 5.32 Å². The van der Waals surface area contributed by atoms with Crippen LogP contribution in [0.4, 0.5) is 0 Å². The number of rotatable bonds is 1. The molecule has 1 N–H and O–H groups in total. The van der Waals surface area contributed by atoms with E-state index in [0.29, 0.717) is 6.04 Å². The molecule has 1 aliphatic rings. The zero-order valence-corrected chi connectivity index (χ0v) is 5.31. The van der Waals surface area contributed by atoms with E-state index in [1.54, 1.807) is 0 Å². The van der Waals surface area contributed by atoms with Crippen LogP contribution in [0.25, 0.3) is 0 Å². The molecule has 50 valence electrons. The molecule has 1 saturated heterocycles. The monoisotopic (exact) mass is 117 g/mol. The normalized spacial score (nSPS) is 30.4. The van der Waals surface area contributed by atoms with Crippen LogP contribution in [0.2, 0.25) is 0 Å². The zero-order valence-electron chi connectivity index (χ0n) is 5.31. The fourth-order valence-corrected chi connectivity index (χ4v) is 0.968. The number of hydrogen-bond acceptors (Lipinski definition) is 2. The van der Waals surface area contributed by atoms with Crippen LogP contribution in [0.5, 0.6) is 0 Å². The van der Waals surface area contributed by atoms with Crippen LogP contribution < -0.4 is 5.32 Å². The van der Waals surface area contributed by atoms with Gasteiger partial charge in [-0.15, -0.1) is 0 Å². The van der Waals surface area contributed by atoms with E-state index in [9.17, 15) is 0 Å². The average molecular weight is 117 g/mol. The van der Waals surface area contributed by atoms with E-state index < -0.39 is 0 Å². The van der Waals surface area contributed by atoms with Gasteiger partial charge in [-0.1, -0.05) is 0 Å². The molecule has 1 heterocycles. The number of likely N-dealkylation sites (N-methyl/N-ethyl adjacent to an activating group) is 1. The topological polar surface area (TPSA) is 21.3 Å². The molecule has 1 rings (SSSR count). The van der Waals surface area contributed by atoms with Gasteiger partial charge in [-0.05, 0) is 19.9 Å². The Labute approximate surface area is 51.7 Å². The minimum absolute atomic E-state index is 0. The van der Waals surface area contributed by atoms with E-state index in [1.807, 2.05) is 7.05 Å². The molecule has 0 bridgehead atoms. The van der Waals surface area contributed by atoms with Crippen molar-refractivity contribution >= 4 is 0 Å². The molecule has 2 heteroatoms. The predicted molar refractivity (Wildman–Crippen MR) is 35.0 cm³/mol. The Balaban J connectivity index is 0.000000640. The summed E-state index contributed by atoms with van der Waals surface area (Å²) in [4.78, 5) is 0. The first-order valence-corrected chi connectivity index (χ1v) is 3.18. The Kier molecular flexibility index (Phi) is 2.30. The summed E-state index contributed by atoms with van der Waals surface area (Å²) < 4.78 is 5.21. The summed E-state index contributed by atoms with van der Waals surface area (Å²) in [5, 5.41) is 3.18. The van der Waals surface area contributed by atoms with Crippen molar-refractivity contribution in [2.24, 2.45) is 0 Å². The van der Waals surface area contributed by atoms with Crippen molar-refractivity contribution in [1.82, 2.24) is 5.32 Å². The van der Waals surface area contributed by atoms with E-state index >= 15 is 0 Å². The molecule has 0 aliphatic carbocycles. The minimum atomic E-state index is 0. The van der Waals surface area contributed by atoms with Crippen LogP contribution in [0.15, 0.2) is 0 Å². The maximum absolute atomic E-state index is 5.21. The molecule has 8 heavy (non-hydrogen) atoms. The van der Waals surface area contributed by atoms with Crippen molar-refractivity contribution < 1.29 is 6.16 Å². The SMILES string of the molecule is CN[C@H]1CCCOC1.[HH]. The average Bonchev–Trinajstić information content (AvgIpc) is 1.90. The summed E-state index contributed by atoms with van der Waals surface area (Å²) in [5.74, 6) is 0. The van der Waals surface area contributed by atoms with Crippen LogP contribution in [0.3, 0.4) is 0 Å². The molecule has 1 aliphatic heterocycles. The van der Waals surface area contributed by atoms with Gasteiger partial charge < -0.3 is 10.1 Å². The van der Waals surface area contributed by atoms with Gasteiger partial charge in [0.2, 0.25) is 0 Å². The van der Waals surface area contributed by atoms with Gasteiger partial charge in [0.05, 0.1) is 6.61 Å². The molecule has 0 aromatic carbocycles. The summed E-state index contributed by atoms with van der Waals surface area (Å²) in [6, 6.07) is 0.615. The molecule has 0 saturated carbocycles. The first-order chi connectivity index (χ1) is 3.93. The van der Waals surface area contributed by atoms with Gasteiger partial charge in [-0.25, -0.2) is 0 Å². The Hall–Kier alpha value is -0.0800. The van der Waals surface area contributed by atoms with Crippen LogP contribution >= 0.6 is 0 Å². The second-order valence-corrected chi connectivity index (χ2v) is 2.20. The maximum Gasteiger partial charge on any atom is 0.0619 e. The predicted octanol–water partition coefficient (Wildman–Crippen LogP) is 0.631. The molecule has 0 aromatic rings. The quantitative estimate of drug-likeness (QED) is 0.544. The molecular formula is C6H15NO. The maximum atomic E-state index is 5.21. The first kappa shape index (κ1) is 6.05. The first-order valence-electron chi connectivity index (χ1n) is 3.18. The fraction of sp³-hybridized carbons (Fsp3) is 1.00. The van der Waals surface area contributed by atoms with Crippen molar-refractivity contribution in [3.8, 4) is 0 Å². The van der Waals surface area contributed by atoms with Gasteiger partial charge in [0.1, 0.15) is 0 Å².